The fourth-order valence-electron chi connectivity index (χ4n) is 3.40. The molecule has 0 radical (unpaired) electrons. The monoisotopic (exact) mass is 348 g/mol. The number of carbonyl (C=O) groups excluding carboxylic acids is 2. The number of fused-ring (bicyclic) bond motifs is 1. The van der Waals surface area contributed by atoms with Crippen LogP contribution in [0.4, 0.5) is 4.79 Å². The van der Waals surface area contributed by atoms with Gasteiger partial charge >= 0.3 is 6.09 Å². The Morgan fingerprint density at radius 1 is 1.28 bits per heavy atom. The highest BCUT2D eigenvalue weighted by atomic mass is 16.6. The van der Waals surface area contributed by atoms with E-state index in [2.05, 4.69) is 5.32 Å². The minimum atomic E-state index is -0.581. The lowest BCUT2D eigenvalue weighted by Crippen LogP contribution is -2.58. The fourth-order valence-corrected chi connectivity index (χ4v) is 3.40. The molecular formula is C19H28N2O4. The largest absolute Gasteiger partial charge is 0.444 e. The molecular weight excluding hydrogens is 320 g/mol. The number of methoxy groups -OCH3 is 1. The number of amides is 2. The summed E-state index contributed by atoms with van der Waals surface area (Å²) in [6, 6.07) is 5.15. The minimum Gasteiger partial charge on any atom is -0.444 e. The maximum Gasteiger partial charge on any atom is 0.407 e. The van der Waals surface area contributed by atoms with Crippen LogP contribution in [0.2, 0.25) is 0 Å². The molecule has 0 saturated heterocycles. The van der Waals surface area contributed by atoms with Crippen LogP contribution in [0.15, 0.2) is 18.2 Å². The predicted octanol–water partition coefficient (Wildman–Crippen LogP) is 2.53. The second-order valence-electron chi connectivity index (χ2n) is 8.06. The first-order valence-corrected chi connectivity index (χ1v) is 8.41. The van der Waals surface area contributed by atoms with Gasteiger partial charge in [0.2, 0.25) is 5.91 Å². The lowest BCUT2D eigenvalue weighted by molar-refractivity contribution is 0.0156. The van der Waals surface area contributed by atoms with E-state index in [1.807, 2.05) is 46.8 Å². The van der Waals surface area contributed by atoms with E-state index in [9.17, 15) is 9.59 Å². The Labute approximate surface area is 149 Å². The van der Waals surface area contributed by atoms with E-state index in [4.69, 9.17) is 15.2 Å². The van der Waals surface area contributed by atoms with Crippen molar-refractivity contribution in [3.8, 4) is 0 Å². The van der Waals surface area contributed by atoms with Crippen LogP contribution in [-0.4, -0.2) is 36.9 Å². The molecule has 2 rings (SSSR count). The van der Waals surface area contributed by atoms with Crippen molar-refractivity contribution in [1.29, 1.82) is 0 Å². The van der Waals surface area contributed by atoms with Gasteiger partial charge in [-0.25, -0.2) is 4.79 Å². The number of hydrogen-bond acceptors (Lipinski definition) is 4. The first-order chi connectivity index (χ1) is 11.5. The van der Waals surface area contributed by atoms with Gasteiger partial charge in [0.05, 0.1) is 12.1 Å². The van der Waals surface area contributed by atoms with E-state index in [1.165, 1.54) is 0 Å². The van der Waals surface area contributed by atoms with Gasteiger partial charge in [-0.05, 0) is 44.0 Å². The summed E-state index contributed by atoms with van der Waals surface area (Å²) in [5.41, 5.74) is 6.91. The zero-order valence-electron chi connectivity index (χ0n) is 15.8. The zero-order chi connectivity index (χ0) is 19.0. The van der Waals surface area contributed by atoms with Crippen molar-refractivity contribution in [1.82, 2.24) is 5.32 Å². The Balaban J connectivity index is 2.38. The minimum absolute atomic E-state index is 0.200. The average Bonchev–Trinajstić information content (AvgIpc) is 2.47. The second-order valence-corrected chi connectivity index (χ2v) is 8.06. The van der Waals surface area contributed by atoms with Crippen LogP contribution in [0, 0.1) is 0 Å². The summed E-state index contributed by atoms with van der Waals surface area (Å²) in [6.07, 6.45) is -0.0500. The molecule has 6 heteroatoms. The van der Waals surface area contributed by atoms with E-state index in [0.717, 1.165) is 11.1 Å². The van der Waals surface area contributed by atoms with E-state index in [0.29, 0.717) is 12.0 Å². The Hall–Kier alpha value is -2.08. The third kappa shape index (κ3) is 4.12. The van der Waals surface area contributed by atoms with E-state index in [1.54, 1.807) is 13.2 Å². The molecule has 0 heterocycles. The molecule has 1 aromatic rings. The van der Waals surface area contributed by atoms with Crippen molar-refractivity contribution in [2.45, 2.75) is 64.2 Å². The summed E-state index contributed by atoms with van der Waals surface area (Å²) in [5.74, 6) is -0.468. The molecule has 0 aromatic heterocycles. The topological polar surface area (TPSA) is 90.6 Å². The lowest BCUT2D eigenvalue weighted by atomic mass is 9.67. The van der Waals surface area contributed by atoms with Gasteiger partial charge in [0, 0.05) is 24.5 Å². The molecule has 2 atom stereocenters. The zero-order valence-corrected chi connectivity index (χ0v) is 15.8. The van der Waals surface area contributed by atoms with Gasteiger partial charge in [0.25, 0.3) is 0 Å². The van der Waals surface area contributed by atoms with Gasteiger partial charge in [0.15, 0.2) is 0 Å². The first-order valence-electron chi connectivity index (χ1n) is 8.41. The molecule has 0 fully saturated rings. The molecule has 0 bridgehead atoms. The molecule has 0 unspecified atom stereocenters. The Kier molecular flexibility index (Phi) is 5.14. The number of alkyl carbamates (subject to hydrolysis) is 1. The van der Waals surface area contributed by atoms with Gasteiger partial charge in [-0.15, -0.1) is 0 Å². The maximum absolute atomic E-state index is 12.3. The molecule has 3 N–H and O–H groups in total. The summed E-state index contributed by atoms with van der Waals surface area (Å²) in [6.45, 7) is 9.50. The van der Waals surface area contributed by atoms with Gasteiger partial charge in [0.1, 0.15) is 5.60 Å². The third-order valence-electron chi connectivity index (χ3n) is 4.63. The molecule has 138 valence electrons. The second kappa shape index (κ2) is 6.67. The van der Waals surface area contributed by atoms with Gasteiger partial charge in [-0.1, -0.05) is 19.9 Å². The van der Waals surface area contributed by atoms with Crippen molar-refractivity contribution in [2.75, 3.05) is 7.11 Å². The third-order valence-corrected chi connectivity index (χ3v) is 4.63. The summed E-state index contributed by atoms with van der Waals surface area (Å²) in [5, 5.41) is 2.95. The number of primary amides is 1. The summed E-state index contributed by atoms with van der Waals surface area (Å²) in [4.78, 5) is 23.8. The molecule has 25 heavy (non-hydrogen) atoms. The summed E-state index contributed by atoms with van der Waals surface area (Å²) in [7, 11) is 1.63. The first kappa shape index (κ1) is 19.2. The molecule has 0 aliphatic heterocycles. The molecule has 0 spiro atoms. The van der Waals surface area contributed by atoms with E-state index < -0.39 is 23.0 Å². The number of hydrogen-bond donors (Lipinski definition) is 2. The molecule has 1 aromatic carbocycles. The number of ether oxygens (including phenoxy) is 2. The van der Waals surface area contributed by atoms with Gasteiger partial charge < -0.3 is 20.5 Å². The Morgan fingerprint density at radius 2 is 1.92 bits per heavy atom. The molecule has 6 nitrogen and oxygen atoms in total. The van der Waals surface area contributed by atoms with Crippen LogP contribution in [0.3, 0.4) is 0 Å². The molecule has 0 saturated carbocycles. The molecule has 2 amide bonds. The lowest BCUT2D eigenvalue weighted by Gasteiger charge is -2.45. The van der Waals surface area contributed by atoms with Crippen molar-refractivity contribution in [2.24, 2.45) is 5.73 Å². The highest BCUT2D eigenvalue weighted by Gasteiger charge is 2.44. The van der Waals surface area contributed by atoms with Crippen LogP contribution in [0.25, 0.3) is 0 Å². The standard InChI is InChI=1S/C19H28N2O4/c1-18(2,3)25-17(23)21-15-14(24-6)10-11-7-8-12(16(20)22)9-13(11)19(15,4)5/h7-9,14-15H,10H2,1-6H3,(H2,20,22)(H,21,23)/t14-,15+/m0/s1. The highest BCUT2D eigenvalue weighted by Crippen LogP contribution is 2.38. The fraction of sp³-hybridized carbons (Fsp3) is 0.579. The summed E-state index contributed by atoms with van der Waals surface area (Å²) < 4.78 is 11.0. The van der Waals surface area contributed by atoms with Crippen LogP contribution in [0.5, 0.6) is 0 Å². The van der Waals surface area contributed by atoms with Crippen LogP contribution >= 0.6 is 0 Å². The van der Waals surface area contributed by atoms with Crippen molar-refractivity contribution >= 4 is 12.0 Å². The Morgan fingerprint density at radius 3 is 2.44 bits per heavy atom. The maximum atomic E-state index is 12.3. The van der Waals surface area contributed by atoms with E-state index >= 15 is 0 Å². The van der Waals surface area contributed by atoms with Crippen LogP contribution < -0.4 is 11.1 Å². The van der Waals surface area contributed by atoms with Crippen molar-refractivity contribution in [3.05, 3.63) is 34.9 Å². The average molecular weight is 348 g/mol. The molecule has 1 aliphatic carbocycles. The predicted molar refractivity (Wildman–Crippen MR) is 95.6 cm³/mol. The van der Waals surface area contributed by atoms with E-state index in [-0.39, 0.29) is 12.1 Å². The smallest absolute Gasteiger partial charge is 0.407 e. The number of carbonyl (C=O) groups is 2. The van der Waals surface area contributed by atoms with Crippen LogP contribution in [-0.2, 0) is 21.3 Å². The summed E-state index contributed by atoms with van der Waals surface area (Å²) >= 11 is 0. The van der Waals surface area contributed by atoms with Gasteiger partial charge in [-0.3, -0.25) is 4.79 Å². The van der Waals surface area contributed by atoms with Crippen molar-refractivity contribution in [3.63, 3.8) is 0 Å². The van der Waals surface area contributed by atoms with Crippen molar-refractivity contribution < 1.29 is 19.1 Å². The number of nitrogens with two attached hydrogens (primary N) is 1. The highest BCUT2D eigenvalue weighted by molar-refractivity contribution is 5.93. The molecule has 1 aliphatic rings. The number of rotatable bonds is 3. The normalized spacial score (nSPS) is 22.0. The SMILES string of the molecule is CO[C@H]1Cc2ccc(C(N)=O)cc2C(C)(C)[C@@H]1NC(=O)OC(C)(C)C. The number of nitrogens with one attached hydrogen (secondary N) is 1. The van der Waals surface area contributed by atoms with Gasteiger partial charge in [-0.2, -0.15) is 0 Å². The quantitative estimate of drug-likeness (QED) is 0.878. The Bertz CT molecular complexity index is 676. The van der Waals surface area contributed by atoms with Crippen LogP contribution in [0.1, 0.15) is 56.1 Å². The number of benzene rings is 1.